The van der Waals surface area contributed by atoms with Crippen LogP contribution in [0.25, 0.3) is 0 Å². The number of carbonyl (C=O) groups excluding carboxylic acids is 3. The van der Waals surface area contributed by atoms with E-state index in [1.165, 1.54) is 308 Å². The number of carbonyl (C=O) groups is 3. The quantitative estimate of drug-likeness (QED) is 0.0261. The van der Waals surface area contributed by atoms with Gasteiger partial charge in [0.25, 0.3) is 0 Å². The second-order valence-electron chi connectivity index (χ2n) is 25.2. The number of hydrogen-bond donors (Lipinski definition) is 0. The minimum atomic E-state index is -0.770. The molecule has 482 valence electrons. The van der Waals surface area contributed by atoms with E-state index in [9.17, 15) is 14.4 Å². The Morgan fingerprint density at radius 3 is 0.683 bits per heavy atom. The molecular weight excluding hydrogens is 1010 g/mol. The molecule has 0 fully saturated rings. The van der Waals surface area contributed by atoms with Crippen LogP contribution in [0, 0.1) is 0 Å². The highest BCUT2D eigenvalue weighted by atomic mass is 16.6. The van der Waals surface area contributed by atoms with E-state index >= 15 is 0 Å². The van der Waals surface area contributed by atoms with Gasteiger partial charge in [-0.1, -0.05) is 353 Å². The van der Waals surface area contributed by atoms with Crippen LogP contribution >= 0.6 is 0 Å². The Hall–Kier alpha value is -2.37. The Morgan fingerprint density at radius 2 is 0.439 bits per heavy atom. The lowest BCUT2D eigenvalue weighted by Gasteiger charge is -2.18. The number of hydrogen-bond acceptors (Lipinski definition) is 6. The van der Waals surface area contributed by atoms with Crippen LogP contribution in [-0.4, -0.2) is 37.2 Å². The lowest BCUT2D eigenvalue weighted by atomic mass is 10.0. The molecule has 0 aliphatic heterocycles. The summed E-state index contributed by atoms with van der Waals surface area (Å²) in [6.07, 6.45) is 89.1. The molecule has 6 nitrogen and oxygen atoms in total. The molecule has 6 heteroatoms. The minimum Gasteiger partial charge on any atom is -0.462 e. The summed E-state index contributed by atoms with van der Waals surface area (Å²) in [6, 6.07) is 0. The van der Waals surface area contributed by atoms with Gasteiger partial charge in [-0.25, -0.2) is 0 Å². The fourth-order valence-electron chi connectivity index (χ4n) is 11.3. The Kier molecular flexibility index (Phi) is 69.1. The number of rotatable bonds is 69. The van der Waals surface area contributed by atoms with Gasteiger partial charge in [0.1, 0.15) is 13.2 Å². The standard InChI is InChI=1S/C76H142O6/c1-4-7-10-13-16-19-22-25-27-29-31-32-33-34-35-36-37-38-39-40-41-42-43-44-46-47-49-51-54-57-60-63-66-69-75(78)81-72-73(71-80-74(77)68-65-62-59-56-53-24-21-18-15-12-9-6-3)82-76(79)70-67-64-61-58-55-52-50-48-45-30-28-26-23-20-17-14-11-8-5-2/h22,25-26,28-29,31,73H,4-21,23-24,27,30,32-72H2,1-3H3/b25-22-,28-26-,31-29-. The van der Waals surface area contributed by atoms with Gasteiger partial charge < -0.3 is 14.2 Å². The van der Waals surface area contributed by atoms with Gasteiger partial charge in [0.2, 0.25) is 0 Å². The third kappa shape index (κ3) is 68.4. The van der Waals surface area contributed by atoms with Gasteiger partial charge in [-0.05, 0) is 77.0 Å². The highest BCUT2D eigenvalue weighted by molar-refractivity contribution is 5.71. The molecule has 0 spiro atoms. The first-order valence-electron chi connectivity index (χ1n) is 37.0. The SMILES string of the molecule is CCCCCCC/C=C\C/C=C\CCCCCCCCCCCCCCCCCCCCCCCC(=O)OCC(COC(=O)CCCCCCCCCCCCCC)OC(=O)CCCCCCCCCCC/C=C\CCCCCCCC. The summed E-state index contributed by atoms with van der Waals surface area (Å²) in [4.78, 5) is 38.4. The highest BCUT2D eigenvalue weighted by Crippen LogP contribution is 2.19. The van der Waals surface area contributed by atoms with E-state index in [0.717, 1.165) is 64.2 Å². The van der Waals surface area contributed by atoms with Gasteiger partial charge in [0.15, 0.2) is 6.10 Å². The van der Waals surface area contributed by atoms with Crippen molar-refractivity contribution in [2.45, 2.75) is 419 Å². The fourth-order valence-corrected chi connectivity index (χ4v) is 11.3. The third-order valence-electron chi connectivity index (χ3n) is 16.9. The molecule has 0 aromatic carbocycles. The maximum Gasteiger partial charge on any atom is 0.306 e. The maximum atomic E-state index is 12.9. The first-order valence-corrected chi connectivity index (χ1v) is 37.0. The molecule has 1 atom stereocenters. The zero-order valence-electron chi connectivity index (χ0n) is 55.5. The number of allylic oxidation sites excluding steroid dienone is 6. The van der Waals surface area contributed by atoms with E-state index in [2.05, 4.69) is 57.2 Å². The summed E-state index contributed by atoms with van der Waals surface area (Å²) in [5.74, 6) is -0.838. The maximum absolute atomic E-state index is 12.9. The van der Waals surface area contributed by atoms with E-state index in [0.29, 0.717) is 19.3 Å². The first-order chi connectivity index (χ1) is 40.5. The van der Waals surface area contributed by atoms with E-state index < -0.39 is 6.10 Å². The summed E-state index contributed by atoms with van der Waals surface area (Å²) < 4.78 is 17.0. The zero-order valence-corrected chi connectivity index (χ0v) is 55.5. The minimum absolute atomic E-state index is 0.0663. The zero-order chi connectivity index (χ0) is 59.2. The van der Waals surface area contributed by atoms with Crippen LogP contribution in [0.15, 0.2) is 36.5 Å². The molecule has 0 aliphatic carbocycles. The summed E-state index contributed by atoms with van der Waals surface area (Å²) in [7, 11) is 0. The van der Waals surface area contributed by atoms with Crippen LogP contribution in [-0.2, 0) is 28.6 Å². The molecule has 0 aromatic rings. The molecule has 0 saturated carbocycles. The number of esters is 3. The van der Waals surface area contributed by atoms with Crippen LogP contribution in [0.5, 0.6) is 0 Å². The van der Waals surface area contributed by atoms with Crippen molar-refractivity contribution in [1.82, 2.24) is 0 Å². The van der Waals surface area contributed by atoms with Crippen LogP contribution in [0.4, 0.5) is 0 Å². The molecule has 0 bridgehead atoms. The predicted octanol–water partition coefficient (Wildman–Crippen LogP) is 25.5. The molecule has 0 heterocycles. The van der Waals surface area contributed by atoms with Gasteiger partial charge in [-0.3, -0.25) is 14.4 Å². The lowest BCUT2D eigenvalue weighted by molar-refractivity contribution is -0.167. The lowest BCUT2D eigenvalue weighted by Crippen LogP contribution is -2.30. The van der Waals surface area contributed by atoms with Gasteiger partial charge in [-0.2, -0.15) is 0 Å². The van der Waals surface area contributed by atoms with Crippen molar-refractivity contribution in [2.24, 2.45) is 0 Å². The normalized spacial score (nSPS) is 12.2. The molecule has 0 radical (unpaired) electrons. The number of ether oxygens (including phenoxy) is 3. The van der Waals surface area contributed by atoms with E-state index in [1.807, 2.05) is 0 Å². The van der Waals surface area contributed by atoms with Crippen LogP contribution < -0.4 is 0 Å². The Bertz CT molecular complexity index is 1370. The molecule has 0 rings (SSSR count). The van der Waals surface area contributed by atoms with Crippen molar-refractivity contribution in [3.05, 3.63) is 36.5 Å². The first kappa shape index (κ1) is 79.6. The largest absolute Gasteiger partial charge is 0.462 e. The monoisotopic (exact) mass is 1150 g/mol. The third-order valence-corrected chi connectivity index (χ3v) is 16.9. The smallest absolute Gasteiger partial charge is 0.306 e. The van der Waals surface area contributed by atoms with Crippen LogP contribution in [0.3, 0.4) is 0 Å². The Morgan fingerprint density at radius 1 is 0.244 bits per heavy atom. The van der Waals surface area contributed by atoms with E-state index in [4.69, 9.17) is 14.2 Å². The van der Waals surface area contributed by atoms with E-state index in [1.54, 1.807) is 0 Å². The summed E-state index contributed by atoms with van der Waals surface area (Å²) in [5, 5.41) is 0. The van der Waals surface area contributed by atoms with Crippen LogP contribution in [0.1, 0.15) is 412 Å². The Balaban J connectivity index is 4.10. The topological polar surface area (TPSA) is 78.9 Å². The second-order valence-corrected chi connectivity index (χ2v) is 25.2. The summed E-state index contributed by atoms with van der Waals surface area (Å²) >= 11 is 0. The van der Waals surface area contributed by atoms with Gasteiger partial charge >= 0.3 is 17.9 Å². The van der Waals surface area contributed by atoms with Crippen molar-refractivity contribution in [2.75, 3.05) is 13.2 Å². The van der Waals surface area contributed by atoms with E-state index in [-0.39, 0.29) is 31.1 Å². The molecular formula is C76H142O6. The summed E-state index contributed by atoms with van der Waals surface area (Å²) in [5.41, 5.74) is 0. The average molecular weight is 1150 g/mol. The molecule has 82 heavy (non-hydrogen) atoms. The van der Waals surface area contributed by atoms with Gasteiger partial charge in [0, 0.05) is 19.3 Å². The van der Waals surface area contributed by atoms with Crippen molar-refractivity contribution < 1.29 is 28.6 Å². The number of unbranched alkanes of at least 4 members (excludes halogenated alkanes) is 52. The van der Waals surface area contributed by atoms with Gasteiger partial charge in [-0.15, -0.1) is 0 Å². The van der Waals surface area contributed by atoms with Crippen molar-refractivity contribution in [3.63, 3.8) is 0 Å². The van der Waals surface area contributed by atoms with Crippen molar-refractivity contribution in [1.29, 1.82) is 0 Å². The average Bonchev–Trinajstić information content (AvgIpc) is 3.47. The molecule has 0 amide bonds. The second kappa shape index (κ2) is 71.1. The van der Waals surface area contributed by atoms with Crippen molar-refractivity contribution >= 4 is 17.9 Å². The molecule has 0 N–H and O–H groups in total. The predicted molar refractivity (Wildman–Crippen MR) is 358 cm³/mol. The highest BCUT2D eigenvalue weighted by Gasteiger charge is 2.20. The molecule has 0 aromatic heterocycles. The summed E-state index contributed by atoms with van der Waals surface area (Å²) in [6.45, 7) is 6.69. The molecule has 1 unspecified atom stereocenters. The fraction of sp³-hybridized carbons (Fsp3) is 0.882. The van der Waals surface area contributed by atoms with Crippen LogP contribution in [0.2, 0.25) is 0 Å². The Labute approximate surface area is 512 Å². The molecule has 0 aliphatic rings. The van der Waals surface area contributed by atoms with Crippen molar-refractivity contribution in [3.8, 4) is 0 Å². The van der Waals surface area contributed by atoms with Gasteiger partial charge in [0.05, 0.1) is 0 Å². The molecule has 0 saturated heterocycles.